The fraction of sp³-hybridized carbons (Fsp3) is 0.346. The Morgan fingerprint density at radius 1 is 1.18 bits per heavy atom. The number of hydrogen-bond acceptors (Lipinski definition) is 5. The van der Waals surface area contributed by atoms with Gasteiger partial charge in [0.05, 0.1) is 24.3 Å². The van der Waals surface area contributed by atoms with Gasteiger partial charge in [0, 0.05) is 13.0 Å². The number of amides is 1. The molecule has 0 spiro atoms. The summed E-state index contributed by atoms with van der Waals surface area (Å²) in [6.07, 6.45) is 5.30. The fourth-order valence-electron chi connectivity index (χ4n) is 4.65. The van der Waals surface area contributed by atoms with Gasteiger partial charge in [0.25, 0.3) is 0 Å². The summed E-state index contributed by atoms with van der Waals surface area (Å²) in [6.45, 7) is 2.92. The summed E-state index contributed by atoms with van der Waals surface area (Å²) in [5.41, 5.74) is 2.98. The zero-order chi connectivity index (χ0) is 22.8. The number of carbonyl (C=O) groups excluding carboxylic acids is 1. The summed E-state index contributed by atoms with van der Waals surface area (Å²) >= 11 is 0. The van der Waals surface area contributed by atoms with Crippen LogP contribution in [0.2, 0.25) is 0 Å². The van der Waals surface area contributed by atoms with Crippen LogP contribution in [0.25, 0.3) is 11.0 Å². The van der Waals surface area contributed by atoms with Crippen LogP contribution < -0.4 is 4.74 Å². The number of oxazole rings is 1. The van der Waals surface area contributed by atoms with E-state index in [0.717, 1.165) is 53.2 Å². The molecule has 0 saturated carbocycles. The van der Waals surface area contributed by atoms with Crippen LogP contribution in [0.3, 0.4) is 0 Å². The molecule has 7 nitrogen and oxygen atoms in total. The third-order valence-corrected chi connectivity index (χ3v) is 6.33. The lowest BCUT2D eigenvalue weighted by molar-refractivity contribution is -0.136. The molecule has 33 heavy (non-hydrogen) atoms. The molecule has 4 aromatic rings. The van der Waals surface area contributed by atoms with Crippen molar-refractivity contribution in [3.8, 4) is 5.75 Å². The van der Waals surface area contributed by atoms with Gasteiger partial charge in [-0.2, -0.15) is 0 Å². The van der Waals surface area contributed by atoms with E-state index < -0.39 is 0 Å². The molecule has 1 fully saturated rings. The molecule has 2 aromatic carbocycles. The number of para-hydroxylation sites is 2. The molecule has 1 unspecified atom stereocenters. The van der Waals surface area contributed by atoms with Gasteiger partial charge in [0.2, 0.25) is 11.8 Å². The molecular formula is C26H28N4O3. The third-order valence-electron chi connectivity index (χ3n) is 6.33. The average molecular weight is 445 g/mol. The van der Waals surface area contributed by atoms with Crippen LogP contribution in [0.4, 0.5) is 0 Å². The van der Waals surface area contributed by atoms with E-state index in [-0.39, 0.29) is 18.5 Å². The van der Waals surface area contributed by atoms with Crippen LogP contribution in [0.1, 0.15) is 48.3 Å². The van der Waals surface area contributed by atoms with Gasteiger partial charge in [-0.25, -0.2) is 9.97 Å². The van der Waals surface area contributed by atoms with E-state index in [9.17, 15) is 4.79 Å². The van der Waals surface area contributed by atoms with Crippen LogP contribution >= 0.6 is 0 Å². The molecule has 1 atom stereocenters. The van der Waals surface area contributed by atoms with E-state index in [1.54, 1.807) is 13.3 Å². The molecule has 3 heterocycles. The summed E-state index contributed by atoms with van der Waals surface area (Å²) in [7, 11) is 1.66. The number of benzene rings is 2. The molecule has 0 aliphatic carbocycles. The van der Waals surface area contributed by atoms with E-state index in [1.807, 2.05) is 64.9 Å². The minimum Gasteiger partial charge on any atom is -0.497 e. The summed E-state index contributed by atoms with van der Waals surface area (Å²) in [5.74, 6) is 3.13. The zero-order valence-corrected chi connectivity index (χ0v) is 19.0. The van der Waals surface area contributed by atoms with Gasteiger partial charge < -0.3 is 18.6 Å². The minimum absolute atomic E-state index is 0.0681. The fourth-order valence-corrected chi connectivity index (χ4v) is 4.65. The van der Waals surface area contributed by atoms with Crippen LogP contribution in [-0.4, -0.2) is 39.0 Å². The summed E-state index contributed by atoms with van der Waals surface area (Å²) in [5, 5.41) is 0. The largest absolute Gasteiger partial charge is 0.497 e. The number of nitrogens with zero attached hydrogens (tertiary/aromatic N) is 4. The maximum atomic E-state index is 13.4. The van der Waals surface area contributed by atoms with Gasteiger partial charge in [0.1, 0.15) is 29.9 Å². The summed E-state index contributed by atoms with van der Waals surface area (Å²) in [4.78, 5) is 24.5. The van der Waals surface area contributed by atoms with Gasteiger partial charge >= 0.3 is 0 Å². The van der Waals surface area contributed by atoms with E-state index in [4.69, 9.17) is 9.15 Å². The average Bonchev–Trinajstić information content (AvgIpc) is 3.43. The Bertz CT molecular complexity index is 1280. The third kappa shape index (κ3) is 4.35. The lowest BCUT2D eigenvalue weighted by atomic mass is 10.0. The second-order valence-corrected chi connectivity index (χ2v) is 8.53. The Morgan fingerprint density at radius 2 is 2.06 bits per heavy atom. The number of aromatic nitrogens is 3. The topological polar surface area (TPSA) is 73.4 Å². The molecule has 1 aliphatic heterocycles. The van der Waals surface area contributed by atoms with Crippen molar-refractivity contribution in [1.82, 2.24) is 19.4 Å². The second kappa shape index (κ2) is 9.10. The lowest BCUT2D eigenvalue weighted by Crippen LogP contribution is -2.40. The van der Waals surface area contributed by atoms with Crippen molar-refractivity contribution in [3.05, 3.63) is 77.8 Å². The van der Waals surface area contributed by atoms with Crippen LogP contribution in [0, 0.1) is 6.92 Å². The van der Waals surface area contributed by atoms with Gasteiger partial charge in [-0.3, -0.25) is 4.79 Å². The number of fused-ring (bicyclic) bond motifs is 1. The number of piperidine rings is 1. The SMILES string of the molecule is COc1cccc(Cc2cnc(C3CCCCN3C(=O)Cn3c(C)nc4ccccc43)o2)c1. The predicted molar refractivity (Wildman–Crippen MR) is 125 cm³/mol. The van der Waals surface area contributed by atoms with Crippen molar-refractivity contribution in [1.29, 1.82) is 0 Å². The number of methoxy groups -OCH3 is 1. The molecular weight excluding hydrogens is 416 g/mol. The first kappa shape index (κ1) is 21.2. The minimum atomic E-state index is -0.139. The summed E-state index contributed by atoms with van der Waals surface area (Å²) in [6, 6.07) is 15.7. The first-order valence-electron chi connectivity index (χ1n) is 11.4. The Hall–Kier alpha value is -3.61. The Kier molecular flexibility index (Phi) is 5.86. The van der Waals surface area contributed by atoms with Crippen LogP contribution in [-0.2, 0) is 17.8 Å². The number of imidazole rings is 1. The molecule has 5 rings (SSSR count). The molecule has 2 aromatic heterocycles. The van der Waals surface area contributed by atoms with Crippen molar-refractivity contribution >= 4 is 16.9 Å². The molecule has 0 radical (unpaired) electrons. The monoisotopic (exact) mass is 444 g/mol. The smallest absolute Gasteiger partial charge is 0.243 e. The molecule has 7 heteroatoms. The highest BCUT2D eigenvalue weighted by molar-refractivity contribution is 5.81. The Morgan fingerprint density at radius 3 is 2.94 bits per heavy atom. The first-order chi connectivity index (χ1) is 16.1. The number of aryl methyl sites for hydroxylation is 1. The van der Waals surface area contributed by atoms with Crippen molar-refractivity contribution in [2.45, 2.75) is 45.2 Å². The van der Waals surface area contributed by atoms with E-state index in [2.05, 4.69) is 9.97 Å². The number of ether oxygens (including phenoxy) is 1. The maximum absolute atomic E-state index is 13.4. The number of hydrogen-bond donors (Lipinski definition) is 0. The second-order valence-electron chi connectivity index (χ2n) is 8.53. The van der Waals surface area contributed by atoms with Gasteiger partial charge in [-0.05, 0) is 56.0 Å². The highest BCUT2D eigenvalue weighted by Gasteiger charge is 2.31. The maximum Gasteiger partial charge on any atom is 0.243 e. The number of carbonyl (C=O) groups is 1. The van der Waals surface area contributed by atoms with Crippen molar-refractivity contribution < 1.29 is 13.9 Å². The molecule has 1 amide bonds. The van der Waals surface area contributed by atoms with Crippen molar-refractivity contribution in [3.63, 3.8) is 0 Å². The molecule has 0 N–H and O–H groups in total. The lowest BCUT2D eigenvalue weighted by Gasteiger charge is -2.34. The van der Waals surface area contributed by atoms with Crippen molar-refractivity contribution in [2.75, 3.05) is 13.7 Å². The van der Waals surface area contributed by atoms with Gasteiger partial charge in [0.15, 0.2) is 0 Å². The highest BCUT2D eigenvalue weighted by Crippen LogP contribution is 2.32. The van der Waals surface area contributed by atoms with Gasteiger partial charge in [-0.1, -0.05) is 24.3 Å². The molecule has 0 bridgehead atoms. The van der Waals surface area contributed by atoms with Crippen LogP contribution in [0.5, 0.6) is 5.75 Å². The van der Waals surface area contributed by atoms with E-state index in [0.29, 0.717) is 18.9 Å². The number of rotatable bonds is 6. The molecule has 170 valence electrons. The first-order valence-corrected chi connectivity index (χ1v) is 11.4. The molecule has 1 aliphatic rings. The van der Waals surface area contributed by atoms with E-state index in [1.165, 1.54) is 0 Å². The normalized spacial score (nSPS) is 16.3. The quantitative estimate of drug-likeness (QED) is 0.432. The predicted octanol–water partition coefficient (Wildman–Crippen LogP) is 4.69. The molecule has 1 saturated heterocycles. The zero-order valence-electron chi connectivity index (χ0n) is 19.0. The summed E-state index contributed by atoms with van der Waals surface area (Å²) < 4.78 is 13.5. The van der Waals surface area contributed by atoms with Crippen molar-refractivity contribution in [2.24, 2.45) is 0 Å². The Labute approximate surface area is 193 Å². The highest BCUT2D eigenvalue weighted by atomic mass is 16.5. The standard InChI is InChI=1S/C26H28N4O3/c1-18-28-22-10-3-4-11-23(22)30(18)17-25(31)29-13-6-5-12-24(29)26-27-16-21(33-26)15-19-8-7-9-20(14-19)32-2/h3-4,7-11,14,16,24H,5-6,12-13,15,17H2,1-2H3. The van der Waals surface area contributed by atoms with E-state index >= 15 is 0 Å². The van der Waals surface area contributed by atoms with Crippen LogP contribution in [0.15, 0.2) is 59.1 Å². The Balaban J connectivity index is 1.34. The van der Waals surface area contributed by atoms with Gasteiger partial charge in [-0.15, -0.1) is 0 Å². The number of likely N-dealkylation sites (tertiary alicyclic amines) is 1.